The molecule has 1 aromatic carbocycles. The fraction of sp³-hybridized carbons (Fsp3) is 0.312. The number of amides is 1. The van der Waals surface area contributed by atoms with Gasteiger partial charge in [-0.1, -0.05) is 29.8 Å². The first-order chi connectivity index (χ1) is 10.2. The van der Waals surface area contributed by atoms with Crippen molar-refractivity contribution in [3.8, 4) is 0 Å². The fourth-order valence-electron chi connectivity index (χ4n) is 2.46. The van der Waals surface area contributed by atoms with E-state index in [1.807, 2.05) is 42.1 Å². The smallest absolute Gasteiger partial charge is 0.272 e. The van der Waals surface area contributed by atoms with Crippen molar-refractivity contribution in [1.29, 1.82) is 0 Å². The van der Waals surface area contributed by atoms with Crippen LogP contribution >= 0.6 is 11.6 Å². The molecule has 1 heterocycles. The Labute approximate surface area is 129 Å². The molecule has 0 saturated heterocycles. The number of nitrogens with zero attached hydrogens (tertiary/aromatic N) is 1. The molecule has 0 bridgehead atoms. The maximum atomic E-state index is 12.5. The van der Waals surface area contributed by atoms with Gasteiger partial charge in [0.1, 0.15) is 5.69 Å². The van der Waals surface area contributed by atoms with E-state index in [-0.39, 0.29) is 5.91 Å². The molecule has 1 aliphatic carbocycles. The summed E-state index contributed by atoms with van der Waals surface area (Å²) in [6.45, 7) is 0.709. The molecule has 4 nitrogen and oxygen atoms in total. The highest BCUT2D eigenvalue weighted by molar-refractivity contribution is 6.31. The number of benzene rings is 1. The molecule has 0 radical (unpaired) electrons. The van der Waals surface area contributed by atoms with Gasteiger partial charge in [0.05, 0.1) is 5.02 Å². The molecule has 2 N–H and O–H groups in total. The van der Waals surface area contributed by atoms with Gasteiger partial charge in [-0.15, -0.1) is 0 Å². The van der Waals surface area contributed by atoms with Crippen molar-refractivity contribution in [2.45, 2.75) is 25.4 Å². The largest absolute Gasteiger partial charge is 0.339 e. The molecule has 0 aliphatic heterocycles. The molecule has 21 heavy (non-hydrogen) atoms. The van der Waals surface area contributed by atoms with Gasteiger partial charge < -0.3 is 15.2 Å². The molecule has 1 aliphatic rings. The monoisotopic (exact) mass is 303 g/mol. The van der Waals surface area contributed by atoms with E-state index in [4.69, 9.17) is 11.6 Å². The second kappa shape index (κ2) is 5.92. The number of anilines is 1. The standard InChI is InChI=1S/C16H18ClN3O/c1-18-9-11-4-2-3-5-14(11)19-16(21)15-8-12(17)10-20(15)13-6-7-13/h2-5,8,10,13,18H,6-7,9H2,1H3,(H,19,21). The summed E-state index contributed by atoms with van der Waals surface area (Å²) in [4.78, 5) is 12.5. The Bertz CT molecular complexity index is 661. The predicted molar refractivity (Wildman–Crippen MR) is 84.9 cm³/mol. The Morgan fingerprint density at radius 3 is 2.86 bits per heavy atom. The van der Waals surface area contributed by atoms with E-state index < -0.39 is 0 Å². The topological polar surface area (TPSA) is 46.1 Å². The maximum Gasteiger partial charge on any atom is 0.272 e. The fourth-order valence-corrected chi connectivity index (χ4v) is 2.66. The minimum Gasteiger partial charge on any atom is -0.339 e. The molecule has 1 saturated carbocycles. The Kier molecular flexibility index (Phi) is 3.99. The number of nitrogens with one attached hydrogen (secondary N) is 2. The van der Waals surface area contributed by atoms with Crippen LogP contribution in [0.15, 0.2) is 36.5 Å². The Morgan fingerprint density at radius 1 is 1.38 bits per heavy atom. The van der Waals surface area contributed by atoms with Crippen LogP contribution in [0.5, 0.6) is 0 Å². The van der Waals surface area contributed by atoms with Gasteiger partial charge in [0.25, 0.3) is 5.91 Å². The summed E-state index contributed by atoms with van der Waals surface area (Å²) in [6, 6.07) is 9.95. The van der Waals surface area contributed by atoms with Crippen LogP contribution in [0.4, 0.5) is 5.69 Å². The van der Waals surface area contributed by atoms with Crippen LogP contribution in [-0.2, 0) is 6.54 Å². The van der Waals surface area contributed by atoms with Gasteiger partial charge in [-0.05, 0) is 37.6 Å². The van der Waals surface area contributed by atoms with Crippen LogP contribution in [0.25, 0.3) is 0 Å². The highest BCUT2D eigenvalue weighted by Crippen LogP contribution is 2.37. The van der Waals surface area contributed by atoms with E-state index in [1.165, 1.54) is 0 Å². The molecule has 0 spiro atoms. The van der Waals surface area contributed by atoms with Gasteiger partial charge >= 0.3 is 0 Å². The lowest BCUT2D eigenvalue weighted by molar-refractivity contribution is 0.101. The normalized spacial score (nSPS) is 14.2. The Hall–Kier alpha value is -1.78. The summed E-state index contributed by atoms with van der Waals surface area (Å²) in [6.07, 6.45) is 4.07. The summed E-state index contributed by atoms with van der Waals surface area (Å²) >= 11 is 6.05. The summed E-state index contributed by atoms with van der Waals surface area (Å²) in [5, 5.41) is 6.70. The molecular weight excluding hydrogens is 286 g/mol. The molecule has 1 aromatic heterocycles. The van der Waals surface area contributed by atoms with Crippen LogP contribution in [-0.4, -0.2) is 17.5 Å². The summed E-state index contributed by atoms with van der Waals surface area (Å²) in [5.74, 6) is -0.114. The zero-order chi connectivity index (χ0) is 14.8. The third-order valence-corrected chi connectivity index (χ3v) is 3.83. The third kappa shape index (κ3) is 3.12. The summed E-state index contributed by atoms with van der Waals surface area (Å²) < 4.78 is 1.98. The van der Waals surface area contributed by atoms with E-state index in [0.29, 0.717) is 23.3 Å². The second-order valence-corrected chi connectivity index (χ2v) is 5.76. The number of rotatable bonds is 5. The van der Waals surface area contributed by atoms with Crippen molar-refractivity contribution < 1.29 is 4.79 Å². The Morgan fingerprint density at radius 2 is 2.14 bits per heavy atom. The number of halogens is 1. The van der Waals surface area contributed by atoms with Crippen molar-refractivity contribution in [2.75, 3.05) is 12.4 Å². The third-order valence-electron chi connectivity index (χ3n) is 3.62. The zero-order valence-electron chi connectivity index (χ0n) is 11.9. The molecule has 110 valence electrons. The second-order valence-electron chi connectivity index (χ2n) is 5.32. The molecule has 5 heteroatoms. The van der Waals surface area contributed by atoms with Gasteiger partial charge in [0.15, 0.2) is 0 Å². The number of carbonyl (C=O) groups excluding carboxylic acids is 1. The van der Waals surface area contributed by atoms with Crippen LogP contribution in [0.3, 0.4) is 0 Å². The zero-order valence-corrected chi connectivity index (χ0v) is 12.7. The molecule has 3 rings (SSSR count). The van der Waals surface area contributed by atoms with Gasteiger partial charge in [-0.2, -0.15) is 0 Å². The lowest BCUT2D eigenvalue weighted by Crippen LogP contribution is -2.18. The van der Waals surface area contributed by atoms with E-state index in [2.05, 4.69) is 10.6 Å². The number of hydrogen-bond donors (Lipinski definition) is 2. The predicted octanol–water partition coefficient (Wildman–Crippen LogP) is 3.45. The molecule has 2 aromatic rings. The van der Waals surface area contributed by atoms with Gasteiger partial charge in [0.2, 0.25) is 0 Å². The molecule has 0 unspecified atom stereocenters. The Balaban J connectivity index is 1.83. The number of hydrogen-bond acceptors (Lipinski definition) is 2. The lowest BCUT2D eigenvalue weighted by atomic mass is 10.1. The molecule has 1 amide bonds. The van der Waals surface area contributed by atoms with Gasteiger partial charge in [0, 0.05) is 24.5 Å². The lowest BCUT2D eigenvalue weighted by Gasteiger charge is -2.12. The van der Waals surface area contributed by atoms with Crippen LogP contribution in [0, 0.1) is 0 Å². The van der Waals surface area contributed by atoms with E-state index in [9.17, 15) is 4.79 Å². The maximum absolute atomic E-state index is 12.5. The number of aromatic nitrogens is 1. The van der Waals surface area contributed by atoms with Crippen LogP contribution in [0.2, 0.25) is 5.02 Å². The van der Waals surface area contributed by atoms with E-state index in [1.54, 1.807) is 6.07 Å². The first-order valence-electron chi connectivity index (χ1n) is 7.10. The van der Waals surface area contributed by atoms with Crippen molar-refractivity contribution in [3.05, 3.63) is 52.8 Å². The average molecular weight is 304 g/mol. The van der Waals surface area contributed by atoms with Crippen LogP contribution in [0.1, 0.15) is 34.9 Å². The van der Waals surface area contributed by atoms with Crippen molar-refractivity contribution in [1.82, 2.24) is 9.88 Å². The minimum atomic E-state index is -0.114. The average Bonchev–Trinajstić information content (AvgIpc) is 3.24. The van der Waals surface area contributed by atoms with Gasteiger partial charge in [-0.25, -0.2) is 0 Å². The van der Waals surface area contributed by atoms with Gasteiger partial charge in [-0.3, -0.25) is 4.79 Å². The van der Waals surface area contributed by atoms with Crippen LogP contribution < -0.4 is 10.6 Å². The quantitative estimate of drug-likeness (QED) is 0.888. The van der Waals surface area contributed by atoms with Crippen molar-refractivity contribution >= 4 is 23.2 Å². The SMILES string of the molecule is CNCc1ccccc1NC(=O)c1cc(Cl)cn1C1CC1. The summed E-state index contributed by atoms with van der Waals surface area (Å²) in [7, 11) is 1.89. The van der Waals surface area contributed by atoms with Crippen molar-refractivity contribution in [2.24, 2.45) is 0 Å². The number of carbonyl (C=O) groups is 1. The highest BCUT2D eigenvalue weighted by atomic mass is 35.5. The number of para-hydroxylation sites is 1. The minimum absolute atomic E-state index is 0.114. The molecular formula is C16H18ClN3O. The molecule has 0 atom stereocenters. The highest BCUT2D eigenvalue weighted by Gasteiger charge is 2.28. The van der Waals surface area contributed by atoms with E-state index in [0.717, 1.165) is 24.1 Å². The van der Waals surface area contributed by atoms with E-state index >= 15 is 0 Å². The molecule has 1 fully saturated rings. The first kappa shape index (κ1) is 14.2. The first-order valence-corrected chi connectivity index (χ1v) is 7.48. The van der Waals surface area contributed by atoms with Crippen molar-refractivity contribution in [3.63, 3.8) is 0 Å². The summed E-state index contributed by atoms with van der Waals surface area (Å²) in [5.41, 5.74) is 2.52.